The van der Waals surface area contributed by atoms with E-state index in [4.69, 9.17) is 9.15 Å². The van der Waals surface area contributed by atoms with Crippen molar-refractivity contribution in [2.45, 2.75) is 50.8 Å². The molecule has 0 aliphatic carbocycles. The fourth-order valence-corrected chi connectivity index (χ4v) is 4.36. The second-order valence-electron chi connectivity index (χ2n) is 8.57. The number of hydrogen-bond acceptors (Lipinski definition) is 7. The van der Waals surface area contributed by atoms with Crippen molar-refractivity contribution in [3.05, 3.63) is 41.5 Å². The molecule has 0 radical (unpaired) electrons. The van der Waals surface area contributed by atoms with Crippen LogP contribution in [0.2, 0.25) is 0 Å². The lowest BCUT2D eigenvalue weighted by Crippen LogP contribution is -2.38. The van der Waals surface area contributed by atoms with Crippen LogP contribution < -0.4 is 15.5 Å². The lowest BCUT2D eigenvalue weighted by molar-refractivity contribution is -0.147. The number of nitrogens with zero attached hydrogens (tertiary/aromatic N) is 2. The molecule has 2 aromatic heterocycles. The summed E-state index contributed by atoms with van der Waals surface area (Å²) in [5, 5.41) is 5.83. The van der Waals surface area contributed by atoms with Crippen molar-refractivity contribution in [3.63, 3.8) is 0 Å². The third-order valence-electron chi connectivity index (χ3n) is 6.11. The molecule has 4 heterocycles. The SMILES string of the molecule is CC(=O)OC1CCN(c2ncc(C(F)(F)F)cc2NC(=O)c2ccc(C3CCNCC3)o2)CC1. The molecule has 0 unspecified atom stereocenters. The van der Waals surface area contributed by atoms with Crippen LogP contribution in [0.25, 0.3) is 0 Å². The summed E-state index contributed by atoms with van der Waals surface area (Å²) in [5.74, 6) is 0.144. The number of nitrogens with one attached hydrogen (secondary N) is 2. The van der Waals surface area contributed by atoms with Crippen molar-refractivity contribution in [2.75, 3.05) is 36.4 Å². The van der Waals surface area contributed by atoms with Crippen molar-refractivity contribution in [3.8, 4) is 0 Å². The molecule has 34 heavy (non-hydrogen) atoms. The first-order valence-corrected chi connectivity index (χ1v) is 11.3. The Hall–Kier alpha value is -3.08. The molecule has 2 saturated heterocycles. The maximum Gasteiger partial charge on any atom is 0.417 e. The van der Waals surface area contributed by atoms with E-state index in [0.717, 1.165) is 38.2 Å². The zero-order chi connectivity index (χ0) is 24.3. The number of ether oxygens (including phenoxy) is 1. The normalized spacial score (nSPS) is 18.1. The molecule has 2 aliphatic rings. The van der Waals surface area contributed by atoms with Gasteiger partial charge in [-0.3, -0.25) is 9.59 Å². The highest BCUT2D eigenvalue weighted by atomic mass is 19.4. The third-order valence-corrected chi connectivity index (χ3v) is 6.11. The van der Waals surface area contributed by atoms with E-state index in [-0.39, 0.29) is 35.3 Å². The molecule has 0 aromatic carbocycles. The van der Waals surface area contributed by atoms with E-state index in [1.165, 1.54) is 13.0 Å². The number of piperidine rings is 2. The second-order valence-corrected chi connectivity index (χ2v) is 8.57. The van der Waals surface area contributed by atoms with E-state index in [2.05, 4.69) is 15.6 Å². The van der Waals surface area contributed by atoms with Crippen LogP contribution >= 0.6 is 0 Å². The number of anilines is 2. The molecular weight excluding hydrogens is 453 g/mol. The van der Waals surface area contributed by atoms with E-state index in [9.17, 15) is 22.8 Å². The molecule has 2 aliphatic heterocycles. The standard InChI is InChI=1S/C23H27F3N4O4/c1-14(31)33-17-6-10-30(11-7-17)21-18(12-16(13-28-21)23(24,25)26)29-22(32)20-3-2-19(34-20)15-4-8-27-9-5-15/h2-3,12-13,15,17,27H,4-11H2,1H3,(H,29,32). The fourth-order valence-electron chi connectivity index (χ4n) is 4.36. The Morgan fingerprint density at radius 3 is 2.53 bits per heavy atom. The van der Waals surface area contributed by atoms with Gasteiger partial charge in [0.1, 0.15) is 11.9 Å². The summed E-state index contributed by atoms with van der Waals surface area (Å²) < 4.78 is 51.0. The van der Waals surface area contributed by atoms with E-state index < -0.39 is 17.6 Å². The number of carbonyl (C=O) groups is 2. The number of hydrogen-bond donors (Lipinski definition) is 2. The van der Waals surface area contributed by atoms with Crippen LogP contribution in [0.3, 0.4) is 0 Å². The van der Waals surface area contributed by atoms with Crippen LogP contribution in [-0.4, -0.2) is 49.1 Å². The first-order valence-electron chi connectivity index (χ1n) is 11.3. The molecule has 0 spiro atoms. The number of carbonyl (C=O) groups excluding carboxylic acids is 2. The van der Waals surface area contributed by atoms with Gasteiger partial charge in [-0.2, -0.15) is 13.2 Å². The van der Waals surface area contributed by atoms with Gasteiger partial charge in [-0.15, -0.1) is 0 Å². The van der Waals surface area contributed by atoms with Gasteiger partial charge in [-0.05, 0) is 44.1 Å². The van der Waals surface area contributed by atoms with Crippen LogP contribution in [0.4, 0.5) is 24.7 Å². The van der Waals surface area contributed by atoms with Crippen molar-refractivity contribution in [1.82, 2.24) is 10.3 Å². The van der Waals surface area contributed by atoms with Crippen LogP contribution in [0, 0.1) is 0 Å². The van der Waals surface area contributed by atoms with Crippen molar-refractivity contribution in [1.29, 1.82) is 0 Å². The fraction of sp³-hybridized carbons (Fsp3) is 0.522. The van der Waals surface area contributed by atoms with E-state index in [0.29, 0.717) is 31.7 Å². The summed E-state index contributed by atoms with van der Waals surface area (Å²) in [6.07, 6.45) is -1.32. The lowest BCUT2D eigenvalue weighted by Gasteiger charge is -2.33. The molecule has 8 nitrogen and oxygen atoms in total. The largest absolute Gasteiger partial charge is 0.462 e. The number of rotatable bonds is 5. The summed E-state index contributed by atoms with van der Waals surface area (Å²) in [4.78, 5) is 29.9. The minimum absolute atomic E-state index is 0.0328. The van der Waals surface area contributed by atoms with Gasteiger partial charge in [0.05, 0.1) is 11.3 Å². The van der Waals surface area contributed by atoms with Crippen molar-refractivity contribution >= 4 is 23.4 Å². The molecule has 0 atom stereocenters. The van der Waals surface area contributed by atoms with Crippen LogP contribution in [-0.2, 0) is 15.7 Å². The summed E-state index contributed by atoms with van der Waals surface area (Å²) in [7, 11) is 0. The van der Waals surface area contributed by atoms with Gasteiger partial charge in [0.25, 0.3) is 5.91 Å². The van der Waals surface area contributed by atoms with Gasteiger partial charge in [-0.25, -0.2) is 4.98 Å². The Labute approximate surface area is 194 Å². The maximum atomic E-state index is 13.3. The molecule has 0 saturated carbocycles. The second kappa shape index (κ2) is 10.0. The van der Waals surface area contributed by atoms with Gasteiger partial charge in [0, 0.05) is 45.0 Å². The van der Waals surface area contributed by atoms with E-state index in [1.807, 2.05) is 0 Å². The topological polar surface area (TPSA) is 96.7 Å². The lowest BCUT2D eigenvalue weighted by atomic mass is 9.96. The number of esters is 1. The highest BCUT2D eigenvalue weighted by molar-refractivity contribution is 6.04. The highest BCUT2D eigenvalue weighted by Crippen LogP contribution is 2.35. The van der Waals surface area contributed by atoms with Crippen LogP contribution in [0.15, 0.2) is 28.8 Å². The number of aromatic nitrogens is 1. The Morgan fingerprint density at radius 2 is 1.88 bits per heavy atom. The minimum atomic E-state index is -4.61. The molecule has 1 amide bonds. The van der Waals surface area contributed by atoms with Gasteiger partial charge in [0.15, 0.2) is 11.6 Å². The molecule has 4 rings (SSSR count). The number of furan rings is 1. The maximum absolute atomic E-state index is 13.3. The monoisotopic (exact) mass is 480 g/mol. The third kappa shape index (κ3) is 5.69. The molecule has 0 bridgehead atoms. The first kappa shape index (κ1) is 24.1. The Balaban J connectivity index is 1.53. The van der Waals surface area contributed by atoms with Gasteiger partial charge in [-0.1, -0.05) is 0 Å². The predicted octanol–water partition coefficient (Wildman–Crippen LogP) is 3.94. The summed E-state index contributed by atoms with van der Waals surface area (Å²) in [6.45, 7) is 3.89. The average molecular weight is 480 g/mol. The first-order chi connectivity index (χ1) is 16.2. The minimum Gasteiger partial charge on any atom is -0.462 e. The molecule has 2 N–H and O–H groups in total. The summed E-state index contributed by atoms with van der Waals surface area (Å²) in [6, 6.07) is 4.17. The Morgan fingerprint density at radius 1 is 1.18 bits per heavy atom. The van der Waals surface area contributed by atoms with Crippen molar-refractivity contribution < 1.29 is 31.9 Å². The van der Waals surface area contributed by atoms with Crippen LogP contribution in [0.1, 0.15) is 60.4 Å². The number of amides is 1. The molecular formula is C23H27F3N4O4. The van der Waals surface area contributed by atoms with E-state index in [1.54, 1.807) is 11.0 Å². The summed E-state index contributed by atoms with van der Waals surface area (Å²) >= 11 is 0. The summed E-state index contributed by atoms with van der Waals surface area (Å²) in [5.41, 5.74) is -1.01. The number of alkyl halides is 3. The molecule has 11 heteroatoms. The van der Waals surface area contributed by atoms with Crippen LogP contribution in [0.5, 0.6) is 0 Å². The van der Waals surface area contributed by atoms with Crippen molar-refractivity contribution in [2.24, 2.45) is 0 Å². The Kier molecular flexibility index (Phi) is 7.11. The molecule has 184 valence electrons. The highest BCUT2D eigenvalue weighted by Gasteiger charge is 2.33. The quantitative estimate of drug-likeness (QED) is 0.626. The van der Waals surface area contributed by atoms with E-state index >= 15 is 0 Å². The molecule has 2 aromatic rings. The number of pyridine rings is 1. The average Bonchev–Trinajstić information content (AvgIpc) is 3.30. The van der Waals surface area contributed by atoms with Gasteiger partial charge in [0.2, 0.25) is 0 Å². The smallest absolute Gasteiger partial charge is 0.417 e. The zero-order valence-corrected chi connectivity index (χ0v) is 18.8. The Bertz CT molecular complexity index is 1030. The predicted molar refractivity (Wildman–Crippen MR) is 118 cm³/mol. The van der Waals surface area contributed by atoms with Gasteiger partial charge < -0.3 is 24.7 Å². The zero-order valence-electron chi connectivity index (χ0n) is 18.8. The van der Waals surface area contributed by atoms with Gasteiger partial charge >= 0.3 is 12.1 Å². The number of halogens is 3. The molecule has 2 fully saturated rings.